The Morgan fingerprint density at radius 2 is 1.88 bits per heavy atom. The summed E-state index contributed by atoms with van der Waals surface area (Å²) in [4.78, 5) is 35.5. The van der Waals surface area contributed by atoms with Gasteiger partial charge in [-0.15, -0.1) is 11.3 Å². The van der Waals surface area contributed by atoms with Crippen LogP contribution in [0.1, 0.15) is 42.0 Å². The number of aliphatic carboxylic acids is 1. The predicted octanol–water partition coefficient (Wildman–Crippen LogP) is 5.22. The third kappa shape index (κ3) is 5.40. The quantitative estimate of drug-likeness (QED) is 0.386. The van der Waals surface area contributed by atoms with Gasteiger partial charge in [-0.2, -0.15) is 0 Å². The summed E-state index contributed by atoms with van der Waals surface area (Å²) in [5.74, 6) is 0.616. The number of amides is 1. The maximum Gasteiger partial charge on any atom is 0.310 e. The van der Waals surface area contributed by atoms with Crippen LogP contribution in [0.2, 0.25) is 0 Å². The van der Waals surface area contributed by atoms with E-state index in [9.17, 15) is 14.7 Å². The van der Waals surface area contributed by atoms with Crippen molar-refractivity contribution in [3.63, 3.8) is 0 Å². The van der Waals surface area contributed by atoms with Gasteiger partial charge in [0.2, 0.25) is 5.91 Å². The van der Waals surface area contributed by atoms with E-state index in [4.69, 9.17) is 9.72 Å². The Hall–Kier alpha value is -3.43. The monoisotopic (exact) mass is 588 g/mol. The molecule has 3 fully saturated rings. The van der Waals surface area contributed by atoms with E-state index < -0.39 is 11.4 Å². The molecule has 42 heavy (non-hydrogen) atoms. The average molecular weight is 589 g/mol. The smallest absolute Gasteiger partial charge is 0.310 e. The van der Waals surface area contributed by atoms with Crippen LogP contribution < -0.4 is 9.64 Å². The van der Waals surface area contributed by atoms with Gasteiger partial charge in [0.25, 0.3) is 0 Å². The summed E-state index contributed by atoms with van der Waals surface area (Å²) < 4.78 is 6.41. The number of nitrogens with zero attached hydrogens (tertiary/aromatic N) is 4. The first-order valence-corrected chi connectivity index (χ1v) is 15.7. The highest BCUT2D eigenvalue weighted by Gasteiger charge is 2.56. The number of aromatic nitrogens is 1. The van der Waals surface area contributed by atoms with Gasteiger partial charge in [0.1, 0.15) is 12.4 Å². The van der Waals surface area contributed by atoms with Crippen molar-refractivity contribution in [3.8, 4) is 17.0 Å². The lowest BCUT2D eigenvalue weighted by Gasteiger charge is -2.42. The first-order valence-electron chi connectivity index (χ1n) is 14.8. The van der Waals surface area contributed by atoms with Crippen LogP contribution in [0.15, 0.2) is 41.8 Å². The number of thiazole rings is 1. The molecule has 3 aliphatic rings. The number of likely N-dealkylation sites (N-methyl/N-ethyl adjacent to an activating group) is 1. The highest BCUT2D eigenvalue weighted by Crippen LogP contribution is 2.52. The van der Waals surface area contributed by atoms with E-state index in [0.29, 0.717) is 13.2 Å². The van der Waals surface area contributed by atoms with Crippen molar-refractivity contribution in [2.24, 2.45) is 17.3 Å². The Labute approximate surface area is 251 Å². The van der Waals surface area contributed by atoms with Crippen molar-refractivity contribution < 1.29 is 19.4 Å². The third-order valence-electron chi connectivity index (χ3n) is 9.81. The third-order valence-corrected chi connectivity index (χ3v) is 10.7. The minimum atomic E-state index is -0.660. The molecule has 3 atom stereocenters. The lowest BCUT2D eigenvalue weighted by atomic mass is 9.71. The Morgan fingerprint density at radius 3 is 2.57 bits per heavy atom. The molecule has 0 unspecified atom stereocenters. The Morgan fingerprint density at radius 1 is 1.12 bits per heavy atom. The van der Waals surface area contributed by atoms with Crippen molar-refractivity contribution in [2.75, 3.05) is 44.7 Å². The number of carbonyl (C=O) groups excluding carboxylic acids is 1. The molecule has 222 valence electrons. The van der Waals surface area contributed by atoms with Gasteiger partial charge in [-0.3, -0.25) is 14.5 Å². The summed E-state index contributed by atoms with van der Waals surface area (Å²) in [6.07, 6.45) is 1.93. The largest absolute Gasteiger partial charge is 0.488 e. The van der Waals surface area contributed by atoms with Gasteiger partial charge < -0.3 is 19.6 Å². The van der Waals surface area contributed by atoms with Gasteiger partial charge >= 0.3 is 5.97 Å². The normalized spacial score (nSPS) is 24.3. The molecule has 2 aromatic carbocycles. The molecule has 2 saturated heterocycles. The number of carboxylic acids is 1. The second kappa shape index (κ2) is 11.3. The van der Waals surface area contributed by atoms with Crippen molar-refractivity contribution >= 4 is 28.3 Å². The fourth-order valence-corrected chi connectivity index (χ4v) is 7.73. The zero-order valence-electron chi connectivity index (χ0n) is 24.9. The number of fused-ring (bicyclic) bond motifs is 2. The number of piperidine rings is 1. The molecule has 1 amide bonds. The van der Waals surface area contributed by atoms with E-state index in [-0.39, 0.29) is 17.7 Å². The molecule has 8 nitrogen and oxygen atoms in total. The highest BCUT2D eigenvalue weighted by atomic mass is 32.1. The van der Waals surface area contributed by atoms with E-state index in [1.807, 2.05) is 20.0 Å². The Kier molecular flexibility index (Phi) is 7.74. The van der Waals surface area contributed by atoms with Crippen LogP contribution in [0.25, 0.3) is 11.3 Å². The van der Waals surface area contributed by atoms with Crippen LogP contribution in [-0.2, 0) is 22.7 Å². The van der Waals surface area contributed by atoms with Gasteiger partial charge in [-0.25, -0.2) is 4.98 Å². The molecule has 3 heterocycles. The van der Waals surface area contributed by atoms with Gasteiger partial charge in [-0.05, 0) is 74.3 Å². The maximum absolute atomic E-state index is 12.1. The van der Waals surface area contributed by atoms with Crippen molar-refractivity contribution in [3.05, 3.63) is 64.0 Å². The van der Waals surface area contributed by atoms with E-state index in [0.717, 1.165) is 78.8 Å². The molecule has 1 aliphatic carbocycles. The number of anilines is 1. The molecule has 0 spiro atoms. The molecule has 3 aromatic rings. The van der Waals surface area contributed by atoms with Crippen LogP contribution in [0, 0.1) is 31.1 Å². The number of ether oxygens (including phenoxy) is 1. The summed E-state index contributed by atoms with van der Waals surface area (Å²) in [6.45, 7) is 11.0. The SMILES string of the molecule is Cc1ccc(OCc2ccc(CN3CCN(C)C(=O)C3)cc2C)c(-c2csc(N3C[C@H]4CC[C@@H](C3)[C@@]4(C)C(=O)O)n2)c1. The second-order valence-electron chi connectivity index (χ2n) is 12.6. The molecular formula is C33H40N4O4S. The number of rotatable bonds is 8. The van der Waals surface area contributed by atoms with E-state index in [2.05, 4.69) is 59.4 Å². The molecule has 1 N–H and O–H groups in total. The number of piperazine rings is 1. The average Bonchev–Trinajstić information content (AvgIpc) is 3.49. The van der Waals surface area contributed by atoms with Gasteiger partial charge in [0, 0.05) is 50.7 Å². The fraction of sp³-hybridized carbons (Fsp3) is 0.485. The molecule has 2 aliphatic heterocycles. The zero-order valence-corrected chi connectivity index (χ0v) is 25.7. The maximum atomic E-state index is 12.1. The summed E-state index contributed by atoms with van der Waals surface area (Å²) in [5, 5.41) is 13.0. The van der Waals surface area contributed by atoms with Crippen LogP contribution in [0.5, 0.6) is 5.75 Å². The summed E-state index contributed by atoms with van der Waals surface area (Å²) in [5.41, 5.74) is 5.88. The van der Waals surface area contributed by atoms with Crippen molar-refractivity contribution in [2.45, 2.75) is 46.8 Å². The highest BCUT2D eigenvalue weighted by molar-refractivity contribution is 7.14. The number of carbonyl (C=O) groups is 2. The molecule has 2 bridgehead atoms. The van der Waals surface area contributed by atoms with Gasteiger partial charge in [-0.1, -0.05) is 29.8 Å². The number of benzene rings is 2. The van der Waals surface area contributed by atoms with Crippen LogP contribution in [-0.4, -0.2) is 71.5 Å². The first-order chi connectivity index (χ1) is 20.1. The van der Waals surface area contributed by atoms with Crippen molar-refractivity contribution in [1.29, 1.82) is 0 Å². The minimum Gasteiger partial charge on any atom is -0.488 e. The molecular weight excluding hydrogens is 548 g/mol. The van der Waals surface area contributed by atoms with E-state index in [1.54, 1.807) is 16.2 Å². The van der Waals surface area contributed by atoms with Crippen LogP contribution in [0.3, 0.4) is 0 Å². The Balaban J connectivity index is 1.14. The molecule has 6 rings (SSSR count). The number of hydrogen-bond acceptors (Lipinski definition) is 7. The van der Waals surface area contributed by atoms with Gasteiger partial charge in [0.15, 0.2) is 5.13 Å². The number of hydrogen-bond donors (Lipinski definition) is 1. The van der Waals surface area contributed by atoms with Crippen LogP contribution in [0.4, 0.5) is 5.13 Å². The van der Waals surface area contributed by atoms with Gasteiger partial charge in [0.05, 0.1) is 17.7 Å². The molecule has 1 saturated carbocycles. The van der Waals surface area contributed by atoms with Crippen LogP contribution >= 0.6 is 11.3 Å². The lowest BCUT2D eigenvalue weighted by molar-refractivity contribution is -0.153. The topological polar surface area (TPSA) is 86.2 Å². The zero-order chi connectivity index (χ0) is 29.6. The fourth-order valence-electron chi connectivity index (χ4n) is 6.89. The predicted molar refractivity (Wildman–Crippen MR) is 165 cm³/mol. The van der Waals surface area contributed by atoms with E-state index >= 15 is 0 Å². The second-order valence-corrected chi connectivity index (χ2v) is 13.4. The molecule has 1 aromatic heterocycles. The number of carboxylic acid groups (broad SMARTS) is 1. The lowest BCUT2D eigenvalue weighted by Crippen LogP contribution is -2.51. The summed E-state index contributed by atoms with van der Waals surface area (Å²) in [6, 6.07) is 12.7. The summed E-state index contributed by atoms with van der Waals surface area (Å²) >= 11 is 1.62. The minimum absolute atomic E-state index is 0.151. The van der Waals surface area contributed by atoms with Crippen molar-refractivity contribution in [1.82, 2.24) is 14.8 Å². The number of aryl methyl sites for hydroxylation is 2. The first kappa shape index (κ1) is 28.7. The standard InChI is InChI=1S/C33H40N4O4S/c1-21-5-10-29(41-19-24-7-6-23(14-22(24)2)15-36-12-11-35(4)30(38)18-36)27(13-21)28-20-42-32(34-28)37-16-25-8-9-26(17-37)33(25,3)31(39)40/h5-7,10,13-14,20,25-26H,8-9,11-12,15-19H2,1-4H3,(H,39,40)/t25-,26+,33+. The molecule has 9 heteroatoms. The van der Waals surface area contributed by atoms with E-state index in [1.165, 1.54) is 11.1 Å². The molecule has 0 radical (unpaired) electrons. The Bertz CT molecular complexity index is 1490. The summed E-state index contributed by atoms with van der Waals surface area (Å²) in [7, 11) is 1.86.